The number of alkyl halides is 6. The van der Waals surface area contributed by atoms with Crippen molar-refractivity contribution in [3.63, 3.8) is 0 Å². The molecule has 0 amide bonds. The monoisotopic (exact) mass is 698 g/mol. The molecular formula is C26H54F6N2O4P2S2. The van der Waals surface area contributed by atoms with Gasteiger partial charge in [-0.3, -0.25) is 0 Å². The molecule has 6 nitrogen and oxygen atoms in total. The van der Waals surface area contributed by atoms with Gasteiger partial charge in [-0.15, -0.1) is 0 Å². The number of rotatable bonds is 20. The first kappa shape index (κ1) is 44.1. The molecule has 42 heavy (non-hydrogen) atoms. The van der Waals surface area contributed by atoms with Crippen molar-refractivity contribution in [3.8, 4) is 0 Å². The smallest absolute Gasteiger partial charge is 0.421 e. The largest absolute Gasteiger partial charge is 0.480 e. The highest BCUT2D eigenvalue weighted by Crippen LogP contribution is 2.56. The second-order valence-corrected chi connectivity index (χ2v) is 21.9. The van der Waals surface area contributed by atoms with Gasteiger partial charge >= 0.3 is 11.0 Å². The molecule has 0 aromatic rings. The van der Waals surface area contributed by atoms with Crippen LogP contribution in [0.5, 0.6) is 0 Å². The highest BCUT2D eigenvalue weighted by Gasteiger charge is 2.47. The van der Waals surface area contributed by atoms with E-state index in [4.69, 9.17) is 4.17 Å². The number of halogens is 6. The molecule has 0 saturated carbocycles. The molecule has 0 rings (SSSR count). The van der Waals surface area contributed by atoms with E-state index in [0.717, 1.165) is 4.13 Å². The van der Waals surface area contributed by atoms with E-state index in [1.165, 1.54) is 114 Å². The van der Waals surface area contributed by atoms with Crippen LogP contribution in [0.4, 0.5) is 26.3 Å². The van der Waals surface area contributed by atoms with Crippen LogP contribution >= 0.6 is 14.1 Å². The lowest BCUT2D eigenvalue weighted by atomic mass is 10.4. The SMILES string of the molecule is CCCCP(CCCC)(CCCC)=[N+]=P(CCCC)(CCCC)CCCC.O=S(=O)([N-]S(=O)(=O)C(F)(F)F)C(F)(F)F. The lowest BCUT2D eigenvalue weighted by Gasteiger charge is -2.22. The number of hydrogen-bond donors (Lipinski definition) is 0. The summed E-state index contributed by atoms with van der Waals surface area (Å²) in [6.07, 6.45) is 25.4. The van der Waals surface area contributed by atoms with Crippen molar-refractivity contribution >= 4 is 34.2 Å². The molecule has 0 N–H and O–H groups in total. The van der Waals surface area contributed by atoms with Crippen LogP contribution in [0, 0.1) is 0 Å². The number of hydrogen-bond acceptors (Lipinski definition) is 4. The summed E-state index contributed by atoms with van der Waals surface area (Å²) in [6.45, 7) is 14.3. The Labute approximate surface area is 251 Å². The van der Waals surface area contributed by atoms with Crippen molar-refractivity contribution < 1.29 is 43.2 Å². The van der Waals surface area contributed by atoms with Crippen molar-refractivity contribution in [1.82, 2.24) is 4.17 Å². The van der Waals surface area contributed by atoms with Crippen LogP contribution in [0.1, 0.15) is 119 Å². The first-order valence-electron chi connectivity index (χ1n) is 15.1. The minimum Gasteiger partial charge on any atom is -0.421 e. The first-order chi connectivity index (χ1) is 19.3. The van der Waals surface area contributed by atoms with Crippen molar-refractivity contribution in [2.24, 2.45) is 0 Å². The van der Waals surface area contributed by atoms with Crippen molar-refractivity contribution in [3.05, 3.63) is 4.13 Å². The third-order valence-electron chi connectivity index (χ3n) is 6.73. The zero-order valence-corrected chi connectivity index (χ0v) is 29.7. The Morgan fingerprint density at radius 2 is 0.667 bits per heavy atom. The molecular weight excluding hydrogens is 644 g/mol. The number of nitrogens with zero attached hydrogens (tertiary/aromatic N) is 2. The summed E-state index contributed by atoms with van der Waals surface area (Å²) < 4.78 is 115. The molecule has 0 spiro atoms. The molecule has 16 heteroatoms. The molecule has 256 valence electrons. The molecule has 0 fully saturated rings. The van der Waals surface area contributed by atoms with E-state index < -0.39 is 45.2 Å². The summed E-state index contributed by atoms with van der Waals surface area (Å²) in [7, 11) is -15.7. The molecule has 0 saturated heterocycles. The van der Waals surface area contributed by atoms with E-state index in [0.29, 0.717) is 0 Å². The maximum Gasteiger partial charge on any atom is 0.480 e. The topological polar surface area (TPSA) is 96.5 Å². The van der Waals surface area contributed by atoms with Gasteiger partial charge < -0.3 is 4.13 Å². The highest BCUT2D eigenvalue weighted by atomic mass is 32.3. The standard InChI is InChI=1S/C24H54NP2.C2F6NO4S2/c1-7-13-19-26(20-14-8-2,21-15-9-3)25-27(22-16-10-4,23-17-11-5)24-18-12-6;3-1(4,5)14(10,11)9-15(12,13)2(6,7)8/h7-24H2,1-6H3;/q+1;-1. The first-order valence-corrected chi connectivity index (χ1v) is 22.6. The van der Waals surface area contributed by atoms with Gasteiger partial charge in [0.25, 0.3) is 0 Å². The van der Waals surface area contributed by atoms with Gasteiger partial charge in [0.15, 0.2) is 20.0 Å². The van der Waals surface area contributed by atoms with E-state index in [2.05, 4.69) is 41.5 Å². The summed E-state index contributed by atoms with van der Waals surface area (Å²) in [4.78, 5) is 0. The highest BCUT2D eigenvalue weighted by molar-refractivity contribution is 8.13. The Morgan fingerprint density at radius 3 is 0.810 bits per heavy atom. The van der Waals surface area contributed by atoms with Gasteiger partial charge in [-0.05, 0) is 38.5 Å². The number of sulfonamides is 2. The van der Waals surface area contributed by atoms with Gasteiger partial charge in [0.05, 0.1) is 0 Å². The Hall–Kier alpha value is 0.0100. The molecule has 0 bridgehead atoms. The van der Waals surface area contributed by atoms with Crippen LogP contribution in [0.3, 0.4) is 0 Å². The second kappa shape index (κ2) is 20.9. The quantitative estimate of drug-likeness (QED) is 0.0718. The lowest BCUT2D eigenvalue weighted by Crippen LogP contribution is -2.30. The van der Waals surface area contributed by atoms with Gasteiger partial charge in [0.1, 0.15) is 0 Å². The zero-order valence-electron chi connectivity index (χ0n) is 26.2. The summed E-state index contributed by atoms with van der Waals surface area (Å²) in [5, 5.41) is 0. The van der Waals surface area contributed by atoms with Crippen LogP contribution in [-0.4, -0.2) is 64.8 Å². The van der Waals surface area contributed by atoms with Crippen molar-refractivity contribution in [1.29, 1.82) is 0 Å². The van der Waals surface area contributed by atoms with Gasteiger partial charge in [0.2, 0.25) is 14.1 Å². The van der Waals surface area contributed by atoms with E-state index >= 15 is 0 Å². The Morgan fingerprint density at radius 1 is 0.476 bits per heavy atom. The number of unbranched alkanes of at least 4 members (excludes halogenated alkanes) is 6. The fourth-order valence-electron chi connectivity index (χ4n) is 4.27. The molecule has 0 unspecified atom stereocenters. The molecule has 0 aliphatic heterocycles. The zero-order chi connectivity index (χ0) is 33.1. The molecule has 0 aliphatic carbocycles. The van der Waals surface area contributed by atoms with Gasteiger partial charge in [-0.25, -0.2) is 16.8 Å². The third kappa shape index (κ3) is 16.9. The molecule has 0 heterocycles. The van der Waals surface area contributed by atoms with Crippen LogP contribution in [0.2, 0.25) is 0 Å². The van der Waals surface area contributed by atoms with Gasteiger partial charge in [-0.2, -0.15) is 30.5 Å². The summed E-state index contributed by atoms with van der Waals surface area (Å²) >= 11 is 0. The fraction of sp³-hybridized carbons (Fsp3) is 1.00. The molecule has 0 aliphatic rings. The second-order valence-electron chi connectivity index (χ2n) is 10.7. The van der Waals surface area contributed by atoms with Gasteiger partial charge in [0, 0.05) is 37.0 Å². The summed E-state index contributed by atoms with van der Waals surface area (Å²) in [5.74, 6) is 0. The normalized spacial score (nSPS) is 13.4. The summed E-state index contributed by atoms with van der Waals surface area (Å²) in [6, 6.07) is 0. The average molecular weight is 699 g/mol. The van der Waals surface area contributed by atoms with Crippen LogP contribution in [0.15, 0.2) is 0 Å². The summed E-state index contributed by atoms with van der Waals surface area (Å²) in [5.41, 5.74) is -12.4. The Balaban J connectivity index is 0. The van der Waals surface area contributed by atoms with Crippen LogP contribution < -0.4 is 4.17 Å². The third-order valence-corrected chi connectivity index (χ3v) is 19.4. The molecule has 0 aromatic heterocycles. The maximum atomic E-state index is 11.4. The van der Waals surface area contributed by atoms with E-state index in [9.17, 15) is 43.2 Å². The van der Waals surface area contributed by atoms with Crippen molar-refractivity contribution in [2.45, 2.75) is 130 Å². The molecule has 0 aromatic carbocycles. The predicted octanol–water partition coefficient (Wildman–Crippen LogP) is 10.3. The van der Waals surface area contributed by atoms with Crippen molar-refractivity contribution in [2.75, 3.05) is 37.0 Å². The van der Waals surface area contributed by atoms with E-state index in [1.54, 1.807) is 0 Å². The fourth-order valence-corrected chi connectivity index (χ4v) is 18.1. The molecule has 0 radical (unpaired) electrons. The molecule has 0 atom stereocenters. The average Bonchev–Trinajstić information content (AvgIpc) is 2.88. The Bertz CT molecular complexity index is 936. The van der Waals surface area contributed by atoms with Crippen LogP contribution in [-0.2, 0) is 20.0 Å². The maximum absolute atomic E-state index is 11.4. The predicted molar refractivity (Wildman–Crippen MR) is 168 cm³/mol. The van der Waals surface area contributed by atoms with E-state index in [1.807, 2.05) is 0 Å². The minimum atomic E-state index is -6.72. The van der Waals surface area contributed by atoms with E-state index in [-0.39, 0.29) is 0 Å². The van der Waals surface area contributed by atoms with Gasteiger partial charge in [-0.1, -0.05) is 80.1 Å². The minimum absolute atomic E-state index is 0.778. The lowest BCUT2D eigenvalue weighted by molar-refractivity contribution is -0.0444. The van der Waals surface area contributed by atoms with Crippen LogP contribution in [0.25, 0.3) is 4.13 Å². The Kier molecular flexibility index (Phi) is 22.0.